The summed E-state index contributed by atoms with van der Waals surface area (Å²) in [5, 5.41) is 13.9. The van der Waals surface area contributed by atoms with Crippen LogP contribution in [0.4, 0.5) is 5.69 Å². The normalized spacial score (nSPS) is 17.1. The molecular weight excluding hydrogens is 514 g/mol. The molecule has 2 aromatic carbocycles. The molecule has 1 aliphatic heterocycles. The molecule has 1 unspecified atom stereocenters. The number of fused-ring (bicyclic) bond motifs is 1. The first-order valence-electron chi connectivity index (χ1n) is 10.6. The number of phenols is 1. The van der Waals surface area contributed by atoms with E-state index in [4.69, 9.17) is 11.6 Å². The van der Waals surface area contributed by atoms with Gasteiger partial charge >= 0.3 is 0 Å². The Morgan fingerprint density at radius 1 is 1.15 bits per heavy atom. The Balaban J connectivity index is 1.33. The van der Waals surface area contributed by atoms with E-state index in [1.165, 1.54) is 27.8 Å². The second-order valence-electron chi connectivity index (χ2n) is 7.97. The third-order valence-corrected chi connectivity index (χ3v) is 10.3. The van der Waals surface area contributed by atoms with Gasteiger partial charge in [0.05, 0.1) is 26.0 Å². The number of aromatic nitrogens is 1. The molecule has 1 aliphatic rings. The molecule has 2 N–H and O–H groups in total. The van der Waals surface area contributed by atoms with Gasteiger partial charge in [0.25, 0.3) is 10.0 Å². The Morgan fingerprint density at radius 3 is 2.74 bits per heavy atom. The number of amides is 1. The van der Waals surface area contributed by atoms with Crippen LogP contribution in [0.15, 0.2) is 58.8 Å². The lowest BCUT2D eigenvalue weighted by atomic mass is 9.98. The number of benzene rings is 2. The predicted molar refractivity (Wildman–Crippen MR) is 136 cm³/mol. The molecule has 176 valence electrons. The van der Waals surface area contributed by atoms with Crippen LogP contribution >= 0.6 is 34.3 Å². The van der Waals surface area contributed by atoms with Crippen molar-refractivity contribution in [1.29, 1.82) is 0 Å². The van der Waals surface area contributed by atoms with Gasteiger partial charge in [-0.05, 0) is 55.3 Å². The first-order valence-corrected chi connectivity index (χ1v) is 14.0. The number of para-hydroxylation sites is 1. The Bertz CT molecular complexity index is 1450. The van der Waals surface area contributed by atoms with Crippen molar-refractivity contribution in [3.63, 3.8) is 0 Å². The highest BCUT2D eigenvalue weighted by molar-refractivity contribution is 7.91. The quantitative estimate of drug-likeness (QED) is 0.333. The van der Waals surface area contributed by atoms with Gasteiger partial charge in [-0.2, -0.15) is 4.31 Å². The van der Waals surface area contributed by atoms with Crippen LogP contribution in [0, 0.1) is 5.92 Å². The zero-order valence-electron chi connectivity index (χ0n) is 17.8. The molecule has 1 amide bonds. The number of nitrogens with one attached hydrogen (secondary N) is 1. The first kappa shape index (κ1) is 23.3. The van der Waals surface area contributed by atoms with Gasteiger partial charge in [0, 0.05) is 18.8 Å². The summed E-state index contributed by atoms with van der Waals surface area (Å²) in [6, 6.07) is 15.6. The first-order chi connectivity index (χ1) is 16.3. The molecule has 34 heavy (non-hydrogen) atoms. The van der Waals surface area contributed by atoms with E-state index < -0.39 is 15.9 Å². The number of rotatable bonds is 5. The van der Waals surface area contributed by atoms with Crippen LogP contribution in [0.5, 0.6) is 5.75 Å². The van der Waals surface area contributed by atoms with Crippen LogP contribution in [0.2, 0.25) is 4.34 Å². The summed E-state index contributed by atoms with van der Waals surface area (Å²) in [5.74, 6) is -0.676. The molecule has 5 rings (SSSR count). The van der Waals surface area contributed by atoms with Crippen molar-refractivity contribution in [3.8, 4) is 16.3 Å². The number of halogens is 1. The Morgan fingerprint density at radius 2 is 1.97 bits per heavy atom. The lowest BCUT2D eigenvalue weighted by Gasteiger charge is -2.30. The molecule has 0 radical (unpaired) electrons. The lowest BCUT2D eigenvalue weighted by Crippen LogP contribution is -2.43. The number of carbonyl (C=O) groups is 1. The number of anilines is 1. The number of aromatic hydroxyl groups is 1. The fourth-order valence-electron chi connectivity index (χ4n) is 3.96. The minimum atomic E-state index is -3.69. The molecule has 0 saturated carbocycles. The van der Waals surface area contributed by atoms with Crippen LogP contribution in [0.25, 0.3) is 20.8 Å². The molecule has 0 bridgehead atoms. The van der Waals surface area contributed by atoms with E-state index in [1.807, 2.05) is 24.3 Å². The minimum Gasteiger partial charge on any atom is -0.507 e. The van der Waals surface area contributed by atoms with Gasteiger partial charge in [-0.3, -0.25) is 4.79 Å². The summed E-state index contributed by atoms with van der Waals surface area (Å²) in [6.45, 7) is 0.467. The maximum atomic E-state index is 13.0. The molecule has 1 saturated heterocycles. The summed E-state index contributed by atoms with van der Waals surface area (Å²) in [6.07, 6.45) is 1.18. The molecule has 11 heteroatoms. The molecule has 0 aliphatic carbocycles. The highest BCUT2D eigenvalue weighted by Gasteiger charge is 2.34. The number of phenolic OH excluding ortho intramolecular Hbond substituents is 1. The number of carbonyl (C=O) groups excluding carboxylic acids is 1. The summed E-state index contributed by atoms with van der Waals surface area (Å²) in [7, 11) is -3.69. The number of thiophene rings is 1. The standard InChI is InChI=1S/C23H20ClN3O4S3/c24-20-9-10-21(33-20)34(30,31)27-11-3-4-14(13-27)22(29)25-15-7-8-18(28)16(12-15)23-26-17-5-1-2-6-19(17)32-23/h1-2,5-10,12,14,28H,3-4,11,13H2,(H,25,29). The summed E-state index contributed by atoms with van der Waals surface area (Å²) >= 11 is 8.38. The molecule has 3 heterocycles. The van der Waals surface area contributed by atoms with E-state index in [2.05, 4.69) is 10.3 Å². The predicted octanol–water partition coefficient (Wildman–Crippen LogP) is 5.42. The Hall–Kier alpha value is -2.50. The van der Waals surface area contributed by atoms with Crippen molar-refractivity contribution < 1.29 is 18.3 Å². The average Bonchev–Trinajstić information content (AvgIpc) is 3.47. The van der Waals surface area contributed by atoms with E-state index in [-0.39, 0.29) is 22.4 Å². The molecule has 1 atom stereocenters. The van der Waals surface area contributed by atoms with Gasteiger partial charge < -0.3 is 10.4 Å². The maximum Gasteiger partial charge on any atom is 0.252 e. The zero-order chi connectivity index (χ0) is 23.9. The topological polar surface area (TPSA) is 99.6 Å². The van der Waals surface area contributed by atoms with E-state index in [0.29, 0.717) is 40.0 Å². The highest BCUT2D eigenvalue weighted by Crippen LogP contribution is 2.37. The number of thiazole rings is 1. The SMILES string of the molecule is O=C(Nc1ccc(O)c(-c2nc3ccccc3s2)c1)C1CCCN(S(=O)(=O)c2ccc(Cl)s2)C1. The van der Waals surface area contributed by atoms with Gasteiger partial charge in [0.1, 0.15) is 15.0 Å². The third kappa shape index (κ3) is 4.56. The minimum absolute atomic E-state index is 0.0709. The maximum absolute atomic E-state index is 13.0. The number of piperidine rings is 1. The van der Waals surface area contributed by atoms with E-state index in [1.54, 1.807) is 18.2 Å². The van der Waals surface area contributed by atoms with Crippen molar-refractivity contribution in [1.82, 2.24) is 9.29 Å². The van der Waals surface area contributed by atoms with Gasteiger partial charge in [-0.25, -0.2) is 13.4 Å². The highest BCUT2D eigenvalue weighted by atomic mass is 35.5. The lowest BCUT2D eigenvalue weighted by molar-refractivity contribution is -0.120. The van der Waals surface area contributed by atoms with Crippen LogP contribution in [-0.4, -0.2) is 41.8 Å². The van der Waals surface area contributed by atoms with Gasteiger partial charge in [0.15, 0.2) is 0 Å². The summed E-state index contributed by atoms with van der Waals surface area (Å²) in [4.78, 5) is 17.6. The zero-order valence-corrected chi connectivity index (χ0v) is 21.0. The smallest absolute Gasteiger partial charge is 0.252 e. The molecular formula is C23H20ClN3O4S3. The number of nitrogens with zero attached hydrogens (tertiary/aromatic N) is 2. The van der Waals surface area contributed by atoms with Crippen molar-refractivity contribution in [3.05, 3.63) is 58.9 Å². The summed E-state index contributed by atoms with van der Waals surface area (Å²) in [5.41, 5.74) is 1.88. The van der Waals surface area contributed by atoms with Crippen molar-refractivity contribution in [2.24, 2.45) is 5.92 Å². The van der Waals surface area contributed by atoms with Gasteiger partial charge in [-0.1, -0.05) is 23.7 Å². The van der Waals surface area contributed by atoms with E-state index in [9.17, 15) is 18.3 Å². The second-order valence-corrected chi connectivity index (χ2v) is 12.9. The van der Waals surface area contributed by atoms with Crippen LogP contribution in [0.1, 0.15) is 12.8 Å². The van der Waals surface area contributed by atoms with Crippen molar-refractivity contribution >= 4 is 66.1 Å². The van der Waals surface area contributed by atoms with Crippen molar-refractivity contribution in [2.75, 3.05) is 18.4 Å². The molecule has 7 nitrogen and oxygen atoms in total. The van der Waals surface area contributed by atoms with Gasteiger partial charge in [0.2, 0.25) is 5.91 Å². The third-order valence-electron chi connectivity index (χ3n) is 5.69. The number of sulfonamides is 1. The molecule has 4 aromatic rings. The Kier molecular flexibility index (Phi) is 6.34. The molecule has 2 aromatic heterocycles. The van der Waals surface area contributed by atoms with Crippen molar-refractivity contribution in [2.45, 2.75) is 17.1 Å². The fraction of sp³-hybridized carbons (Fsp3) is 0.217. The number of hydrogen-bond donors (Lipinski definition) is 2. The largest absolute Gasteiger partial charge is 0.507 e. The average molecular weight is 534 g/mol. The molecule has 0 spiro atoms. The van der Waals surface area contributed by atoms with E-state index in [0.717, 1.165) is 21.6 Å². The van der Waals surface area contributed by atoms with Crippen LogP contribution in [-0.2, 0) is 14.8 Å². The van der Waals surface area contributed by atoms with Gasteiger partial charge in [-0.15, -0.1) is 22.7 Å². The Labute approximate surface area is 209 Å². The van der Waals surface area contributed by atoms with Crippen LogP contribution in [0.3, 0.4) is 0 Å². The monoisotopic (exact) mass is 533 g/mol. The van der Waals surface area contributed by atoms with E-state index >= 15 is 0 Å². The van der Waals surface area contributed by atoms with Crippen LogP contribution < -0.4 is 5.32 Å². The summed E-state index contributed by atoms with van der Waals surface area (Å²) < 4.78 is 28.8. The fourth-order valence-corrected chi connectivity index (χ4v) is 8.11. The second kappa shape index (κ2) is 9.27. The number of hydrogen-bond acceptors (Lipinski definition) is 7. The molecule has 1 fully saturated rings.